The van der Waals surface area contributed by atoms with E-state index >= 15 is 0 Å². The standard InChI is InChI=1S/C15H23NO3S/c1-15(2)9-3-4-14(15)16-20(18,19)11-13-7-5-12(10-17)6-8-13/h5-8,14,16-17H,3-4,9-11H2,1-2H3. The van der Waals surface area contributed by atoms with E-state index in [1.807, 2.05) is 0 Å². The number of aliphatic hydroxyl groups excluding tert-OH is 1. The Morgan fingerprint density at radius 3 is 2.35 bits per heavy atom. The van der Waals surface area contributed by atoms with Crippen LogP contribution in [0.1, 0.15) is 44.2 Å². The zero-order valence-corrected chi connectivity index (χ0v) is 12.9. The predicted molar refractivity (Wildman–Crippen MR) is 79.5 cm³/mol. The third-order valence-corrected chi connectivity index (χ3v) is 5.50. The van der Waals surface area contributed by atoms with Gasteiger partial charge in [0.15, 0.2) is 0 Å². The summed E-state index contributed by atoms with van der Waals surface area (Å²) in [6, 6.07) is 7.05. The van der Waals surface area contributed by atoms with E-state index in [4.69, 9.17) is 5.11 Å². The van der Waals surface area contributed by atoms with Crippen LogP contribution in [0.15, 0.2) is 24.3 Å². The molecule has 1 unspecified atom stereocenters. The Morgan fingerprint density at radius 2 is 1.85 bits per heavy atom. The van der Waals surface area contributed by atoms with E-state index in [0.29, 0.717) is 0 Å². The summed E-state index contributed by atoms with van der Waals surface area (Å²) >= 11 is 0. The van der Waals surface area contributed by atoms with Crippen LogP contribution in [0.4, 0.5) is 0 Å². The quantitative estimate of drug-likeness (QED) is 0.875. The van der Waals surface area contributed by atoms with Gasteiger partial charge in [-0.05, 0) is 29.4 Å². The molecular formula is C15H23NO3S. The Hall–Kier alpha value is -0.910. The van der Waals surface area contributed by atoms with Gasteiger partial charge in [-0.25, -0.2) is 13.1 Å². The molecule has 0 heterocycles. The van der Waals surface area contributed by atoms with Crippen molar-refractivity contribution in [1.29, 1.82) is 0 Å². The van der Waals surface area contributed by atoms with Crippen molar-refractivity contribution in [2.24, 2.45) is 5.41 Å². The first-order valence-corrected chi connectivity index (χ1v) is 8.66. The molecule has 0 amide bonds. The van der Waals surface area contributed by atoms with Crippen LogP contribution in [0.3, 0.4) is 0 Å². The van der Waals surface area contributed by atoms with Crippen molar-refractivity contribution in [3.8, 4) is 0 Å². The van der Waals surface area contributed by atoms with Gasteiger partial charge < -0.3 is 5.11 Å². The lowest BCUT2D eigenvalue weighted by Gasteiger charge is -2.27. The van der Waals surface area contributed by atoms with Crippen LogP contribution in [-0.4, -0.2) is 19.6 Å². The van der Waals surface area contributed by atoms with Crippen molar-refractivity contribution in [1.82, 2.24) is 4.72 Å². The van der Waals surface area contributed by atoms with Crippen LogP contribution in [0.25, 0.3) is 0 Å². The molecule has 0 aromatic heterocycles. The normalized spacial score (nSPS) is 22.1. The van der Waals surface area contributed by atoms with Gasteiger partial charge in [-0.1, -0.05) is 44.5 Å². The minimum Gasteiger partial charge on any atom is -0.392 e. The number of benzene rings is 1. The molecule has 2 N–H and O–H groups in total. The molecule has 1 aliphatic rings. The molecule has 20 heavy (non-hydrogen) atoms. The maximum atomic E-state index is 12.2. The fraction of sp³-hybridized carbons (Fsp3) is 0.600. The zero-order chi connectivity index (χ0) is 14.8. The second-order valence-corrected chi connectivity index (χ2v) is 8.04. The molecule has 1 fully saturated rings. The third kappa shape index (κ3) is 3.81. The second-order valence-electron chi connectivity index (χ2n) is 6.28. The number of rotatable bonds is 5. The highest BCUT2D eigenvalue weighted by Crippen LogP contribution is 2.37. The fourth-order valence-corrected chi connectivity index (χ4v) is 4.35. The average molecular weight is 297 g/mol. The summed E-state index contributed by atoms with van der Waals surface area (Å²) in [5.41, 5.74) is 1.56. The first kappa shape index (κ1) is 15.5. The first-order valence-electron chi connectivity index (χ1n) is 7.01. The Labute approximate surface area is 121 Å². The minimum atomic E-state index is -3.32. The minimum absolute atomic E-state index is 0.00864. The van der Waals surface area contributed by atoms with Gasteiger partial charge in [0, 0.05) is 6.04 Å². The van der Waals surface area contributed by atoms with Crippen LogP contribution in [0, 0.1) is 5.41 Å². The van der Waals surface area contributed by atoms with Crippen LogP contribution < -0.4 is 4.72 Å². The second kappa shape index (κ2) is 5.84. The third-order valence-electron chi connectivity index (χ3n) is 4.14. The summed E-state index contributed by atoms with van der Waals surface area (Å²) in [6.45, 7) is 4.20. The monoisotopic (exact) mass is 297 g/mol. The largest absolute Gasteiger partial charge is 0.392 e. The van der Waals surface area contributed by atoms with Gasteiger partial charge in [-0.15, -0.1) is 0 Å². The zero-order valence-electron chi connectivity index (χ0n) is 12.1. The van der Waals surface area contributed by atoms with E-state index in [-0.39, 0.29) is 23.8 Å². The highest BCUT2D eigenvalue weighted by atomic mass is 32.2. The molecule has 0 saturated heterocycles. The van der Waals surface area contributed by atoms with Gasteiger partial charge in [0.1, 0.15) is 0 Å². The molecule has 5 heteroatoms. The first-order chi connectivity index (χ1) is 9.32. The highest BCUT2D eigenvalue weighted by molar-refractivity contribution is 7.88. The molecule has 1 aliphatic carbocycles. The molecular weight excluding hydrogens is 274 g/mol. The van der Waals surface area contributed by atoms with Crippen molar-refractivity contribution in [3.63, 3.8) is 0 Å². The smallest absolute Gasteiger partial charge is 0.216 e. The SMILES string of the molecule is CC1(C)CCCC1NS(=O)(=O)Cc1ccc(CO)cc1. The van der Waals surface area contributed by atoms with Crippen LogP contribution in [0.5, 0.6) is 0 Å². The van der Waals surface area contributed by atoms with E-state index < -0.39 is 10.0 Å². The maximum Gasteiger partial charge on any atom is 0.216 e. The summed E-state index contributed by atoms with van der Waals surface area (Å²) in [5, 5.41) is 8.98. The number of hydrogen-bond acceptors (Lipinski definition) is 3. The van der Waals surface area contributed by atoms with Crippen LogP contribution in [-0.2, 0) is 22.4 Å². The molecule has 1 saturated carbocycles. The molecule has 0 spiro atoms. The highest BCUT2D eigenvalue weighted by Gasteiger charge is 2.36. The van der Waals surface area contributed by atoms with E-state index in [2.05, 4.69) is 18.6 Å². The number of aliphatic hydroxyl groups is 1. The van der Waals surface area contributed by atoms with Crippen LogP contribution >= 0.6 is 0 Å². The van der Waals surface area contributed by atoms with Crippen molar-refractivity contribution in [2.45, 2.75) is 51.5 Å². The molecule has 1 aromatic rings. The molecule has 4 nitrogen and oxygen atoms in total. The van der Waals surface area contributed by atoms with E-state index in [0.717, 1.165) is 30.4 Å². The Balaban J connectivity index is 2.03. The lowest BCUT2D eigenvalue weighted by Crippen LogP contribution is -2.41. The van der Waals surface area contributed by atoms with Crippen molar-refractivity contribution < 1.29 is 13.5 Å². The van der Waals surface area contributed by atoms with Gasteiger partial charge in [0.05, 0.1) is 12.4 Å². The molecule has 1 atom stereocenters. The Morgan fingerprint density at radius 1 is 1.25 bits per heavy atom. The fourth-order valence-electron chi connectivity index (χ4n) is 2.76. The number of hydrogen-bond donors (Lipinski definition) is 2. The summed E-state index contributed by atoms with van der Waals surface area (Å²) in [4.78, 5) is 0. The average Bonchev–Trinajstić information content (AvgIpc) is 2.68. The Bertz CT molecular complexity index is 549. The summed E-state index contributed by atoms with van der Waals surface area (Å²) in [6.07, 6.45) is 3.05. The molecule has 112 valence electrons. The van der Waals surface area contributed by atoms with Crippen molar-refractivity contribution in [3.05, 3.63) is 35.4 Å². The van der Waals surface area contributed by atoms with Gasteiger partial charge >= 0.3 is 0 Å². The van der Waals surface area contributed by atoms with E-state index in [1.54, 1.807) is 24.3 Å². The van der Waals surface area contributed by atoms with Crippen molar-refractivity contribution in [2.75, 3.05) is 0 Å². The summed E-state index contributed by atoms with van der Waals surface area (Å²) in [7, 11) is -3.32. The van der Waals surface area contributed by atoms with E-state index in [1.165, 1.54) is 0 Å². The lowest BCUT2D eigenvalue weighted by atomic mass is 9.88. The molecule has 2 rings (SSSR count). The molecule has 0 aliphatic heterocycles. The van der Waals surface area contributed by atoms with Gasteiger partial charge in [0.2, 0.25) is 10.0 Å². The molecule has 0 radical (unpaired) electrons. The Kier molecular flexibility index (Phi) is 4.52. The lowest BCUT2D eigenvalue weighted by molar-refractivity contribution is 0.282. The maximum absolute atomic E-state index is 12.2. The van der Waals surface area contributed by atoms with Crippen molar-refractivity contribution >= 4 is 10.0 Å². The van der Waals surface area contributed by atoms with E-state index in [9.17, 15) is 8.42 Å². The predicted octanol–water partition coefficient (Wildman–Crippen LogP) is 2.18. The summed E-state index contributed by atoms with van der Waals surface area (Å²) in [5.74, 6) is -0.00864. The number of nitrogens with one attached hydrogen (secondary N) is 1. The van der Waals surface area contributed by atoms with Gasteiger partial charge in [-0.3, -0.25) is 0 Å². The molecule has 1 aromatic carbocycles. The van der Waals surface area contributed by atoms with Gasteiger partial charge in [0.25, 0.3) is 0 Å². The van der Waals surface area contributed by atoms with Crippen LogP contribution in [0.2, 0.25) is 0 Å². The topological polar surface area (TPSA) is 66.4 Å². The van der Waals surface area contributed by atoms with Gasteiger partial charge in [-0.2, -0.15) is 0 Å². The number of sulfonamides is 1. The molecule has 0 bridgehead atoms. The summed E-state index contributed by atoms with van der Waals surface area (Å²) < 4.78 is 27.3.